The highest BCUT2D eigenvalue weighted by molar-refractivity contribution is 6.33. The first-order valence-corrected chi connectivity index (χ1v) is 9.76. The van der Waals surface area contributed by atoms with Crippen molar-refractivity contribution in [2.24, 2.45) is 5.10 Å². The van der Waals surface area contributed by atoms with Crippen LogP contribution in [-0.2, 0) is 4.79 Å². The van der Waals surface area contributed by atoms with Crippen molar-refractivity contribution in [3.8, 4) is 0 Å². The average molecular weight is 416 g/mol. The summed E-state index contributed by atoms with van der Waals surface area (Å²) >= 11 is 6.00. The van der Waals surface area contributed by atoms with Crippen LogP contribution in [0.25, 0.3) is 21.5 Å². The van der Waals surface area contributed by atoms with E-state index < -0.39 is 11.8 Å². The largest absolute Gasteiger partial charge is 0.343 e. The van der Waals surface area contributed by atoms with Crippen LogP contribution in [0.5, 0.6) is 0 Å². The van der Waals surface area contributed by atoms with Gasteiger partial charge >= 0.3 is 0 Å². The molecule has 0 atom stereocenters. The van der Waals surface area contributed by atoms with Crippen molar-refractivity contribution in [3.63, 3.8) is 0 Å². The molecule has 0 saturated carbocycles. The summed E-state index contributed by atoms with van der Waals surface area (Å²) in [5.74, 6) is -0.851. The Bertz CT molecular complexity index is 1230. The van der Waals surface area contributed by atoms with Gasteiger partial charge in [-0.05, 0) is 39.7 Å². The maximum Gasteiger partial charge on any atom is 0.259 e. The molecule has 0 aliphatic carbocycles. The van der Waals surface area contributed by atoms with Gasteiger partial charge in [0, 0.05) is 5.56 Å². The number of fused-ring (bicyclic) bond motifs is 2. The molecule has 148 valence electrons. The van der Waals surface area contributed by atoms with Gasteiger partial charge in [-0.15, -0.1) is 0 Å². The topological polar surface area (TPSA) is 70.6 Å². The van der Waals surface area contributed by atoms with Gasteiger partial charge in [0.2, 0.25) is 0 Å². The predicted molar refractivity (Wildman–Crippen MR) is 121 cm³/mol. The molecule has 0 aromatic heterocycles. The predicted octanol–water partition coefficient (Wildman–Crippen LogP) is 4.53. The molecule has 0 heterocycles. The number of carbonyl (C=O) groups excluding carboxylic acids is 2. The highest BCUT2D eigenvalue weighted by Crippen LogP contribution is 2.27. The van der Waals surface area contributed by atoms with Crippen LogP contribution in [0.1, 0.15) is 15.9 Å². The fourth-order valence-electron chi connectivity index (χ4n) is 3.30. The summed E-state index contributed by atoms with van der Waals surface area (Å²) in [4.78, 5) is 24.3. The molecule has 4 aromatic carbocycles. The minimum Gasteiger partial charge on any atom is -0.343 e. The van der Waals surface area contributed by atoms with Gasteiger partial charge in [0.1, 0.15) is 0 Å². The van der Waals surface area contributed by atoms with Crippen molar-refractivity contribution < 1.29 is 9.59 Å². The molecule has 0 radical (unpaired) electrons. The Kier molecular flexibility index (Phi) is 5.72. The SMILES string of the molecule is O=C(CNC(=O)c1ccccc1Cl)N/N=C/c1c2ccccc2cc2ccccc12. The highest BCUT2D eigenvalue weighted by atomic mass is 35.5. The van der Waals surface area contributed by atoms with E-state index in [-0.39, 0.29) is 6.54 Å². The standard InChI is InChI=1S/C24H18ClN3O2/c25-22-12-6-5-11-20(22)24(30)26-15-23(29)28-27-14-21-18-9-3-1-7-16(18)13-17-8-2-4-10-19(17)21/h1-14H,15H2,(H,26,30)(H,28,29)/b27-14+. The molecule has 0 fully saturated rings. The Hall–Kier alpha value is -3.70. The molecule has 0 unspecified atom stereocenters. The van der Waals surface area contributed by atoms with Gasteiger partial charge in [-0.25, -0.2) is 5.43 Å². The fourth-order valence-corrected chi connectivity index (χ4v) is 3.52. The lowest BCUT2D eigenvalue weighted by Crippen LogP contribution is -2.35. The average Bonchev–Trinajstić information content (AvgIpc) is 2.77. The summed E-state index contributed by atoms with van der Waals surface area (Å²) in [5, 5.41) is 11.2. The van der Waals surface area contributed by atoms with Crippen LogP contribution in [0.2, 0.25) is 5.02 Å². The van der Waals surface area contributed by atoms with Crippen molar-refractivity contribution in [1.29, 1.82) is 0 Å². The van der Waals surface area contributed by atoms with Crippen molar-refractivity contribution in [1.82, 2.24) is 10.7 Å². The van der Waals surface area contributed by atoms with Gasteiger partial charge < -0.3 is 5.32 Å². The number of hydrazone groups is 1. The molecule has 6 heteroatoms. The molecular formula is C24H18ClN3O2. The summed E-state index contributed by atoms with van der Waals surface area (Å²) in [7, 11) is 0. The van der Waals surface area contributed by atoms with Crippen LogP contribution < -0.4 is 10.7 Å². The lowest BCUT2D eigenvalue weighted by molar-refractivity contribution is -0.120. The first kappa shape index (κ1) is 19.6. The summed E-state index contributed by atoms with van der Waals surface area (Å²) in [6.07, 6.45) is 1.64. The van der Waals surface area contributed by atoms with E-state index in [0.29, 0.717) is 10.6 Å². The molecule has 5 nitrogen and oxygen atoms in total. The number of halogens is 1. The van der Waals surface area contributed by atoms with Gasteiger partial charge in [0.25, 0.3) is 11.8 Å². The molecule has 0 aliphatic heterocycles. The van der Waals surface area contributed by atoms with E-state index in [1.165, 1.54) is 0 Å². The zero-order valence-electron chi connectivity index (χ0n) is 15.9. The number of benzene rings is 4. The number of amides is 2. The molecule has 30 heavy (non-hydrogen) atoms. The summed E-state index contributed by atoms with van der Waals surface area (Å²) < 4.78 is 0. The van der Waals surface area contributed by atoms with E-state index in [4.69, 9.17) is 11.6 Å². The van der Waals surface area contributed by atoms with Gasteiger partial charge in [-0.3, -0.25) is 9.59 Å². The Morgan fingerprint density at radius 2 is 1.47 bits per heavy atom. The van der Waals surface area contributed by atoms with Crippen LogP contribution in [-0.4, -0.2) is 24.6 Å². The molecule has 4 rings (SSSR count). The number of rotatable bonds is 5. The first-order valence-electron chi connectivity index (χ1n) is 9.38. The lowest BCUT2D eigenvalue weighted by atomic mass is 9.97. The van der Waals surface area contributed by atoms with Crippen LogP contribution in [0.3, 0.4) is 0 Å². The monoisotopic (exact) mass is 415 g/mol. The van der Waals surface area contributed by atoms with Crippen LogP contribution in [0, 0.1) is 0 Å². The van der Waals surface area contributed by atoms with E-state index in [0.717, 1.165) is 27.1 Å². The zero-order chi connectivity index (χ0) is 20.9. The molecule has 0 saturated heterocycles. The quantitative estimate of drug-likeness (QED) is 0.285. The Morgan fingerprint density at radius 1 is 0.867 bits per heavy atom. The number of carbonyl (C=O) groups is 2. The second-order valence-electron chi connectivity index (χ2n) is 6.69. The van der Waals surface area contributed by atoms with E-state index >= 15 is 0 Å². The number of hydrogen-bond acceptors (Lipinski definition) is 3. The third-order valence-electron chi connectivity index (χ3n) is 4.72. The second kappa shape index (κ2) is 8.76. The van der Waals surface area contributed by atoms with E-state index in [1.807, 2.05) is 48.5 Å². The number of nitrogens with one attached hydrogen (secondary N) is 2. The van der Waals surface area contributed by atoms with Crippen LogP contribution in [0.15, 0.2) is 84.0 Å². The second-order valence-corrected chi connectivity index (χ2v) is 7.10. The Morgan fingerprint density at radius 3 is 2.13 bits per heavy atom. The molecule has 0 bridgehead atoms. The zero-order valence-corrected chi connectivity index (χ0v) is 16.7. The maximum absolute atomic E-state index is 12.1. The van der Waals surface area contributed by atoms with E-state index in [2.05, 4.69) is 21.9 Å². The smallest absolute Gasteiger partial charge is 0.259 e. The molecular weight excluding hydrogens is 398 g/mol. The summed E-state index contributed by atoms with van der Waals surface area (Å²) in [6, 6.07) is 24.8. The minimum absolute atomic E-state index is 0.211. The van der Waals surface area contributed by atoms with Crippen molar-refractivity contribution in [2.75, 3.05) is 6.54 Å². The molecule has 0 spiro atoms. The minimum atomic E-state index is -0.434. The summed E-state index contributed by atoms with van der Waals surface area (Å²) in [5.41, 5.74) is 3.70. The normalized spacial score (nSPS) is 11.1. The van der Waals surface area contributed by atoms with Gasteiger partial charge in [0.15, 0.2) is 0 Å². The van der Waals surface area contributed by atoms with Gasteiger partial charge in [-0.2, -0.15) is 5.10 Å². The van der Waals surface area contributed by atoms with Gasteiger partial charge in [0.05, 0.1) is 23.3 Å². The third-order valence-corrected chi connectivity index (χ3v) is 5.05. The molecule has 0 aliphatic rings. The first-order chi connectivity index (χ1) is 14.6. The van der Waals surface area contributed by atoms with E-state index in [9.17, 15) is 9.59 Å². The highest BCUT2D eigenvalue weighted by Gasteiger charge is 2.11. The van der Waals surface area contributed by atoms with Crippen molar-refractivity contribution in [3.05, 3.63) is 95.0 Å². The number of nitrogens with zero attached hydrogens (tertiary/aromatic N) is 1. The molecule has 2 N–H and O–H groups in total. The molecule has 4 aromatic rings. The van der Waals surface area contributed by atoms with Crippen molar-refractivity contribution >= 4 is 51.2 Å². The summed E-state index contributed by atoms with van der Waals surface area (Å²) in [6.45, 7) is -0.211. The Balaban J connectivity index is 1.48. The maximum atomic E-state index is 12.1. The van der Waals surface area contributed by atoms with Crippen molar-refractivity contribution in [2.45, 2.75) is 0 Å². The molecule has 2 amide bonds. The lowest BCUT2D eigenvalue weighted by Gasteiger charge is -2.08. The Labute approximate surface area is 178 Å². The fraction of sp³-hybridized carbons (Fsp3) is 0.0417. The van der Waals surface area contributed by atoms with Gasteiger partial charge in [-0.1, -0.05) is 72.3 Å². The number of hydrogen-bond donors (Lipinski definition) is 2. The van der Waals surface area contributed by atoms with Crippen LogP contribution >= 0.6 is 11.6 Å². The van der Waals surface area contributed by atoms with Crippen LogP contribution in [0.4, 0.5) is 0 Å². The third kappa shape index (κ3) is 4.16. The van der Waals surface area contributed by atoms with E-state index in [1.54, 1.807) is 30.5 Å².